The molecule has 100 valence electrons. The van der Waals surface area contributed by atoms with Crippen LogP contribution in [0.25, 0.3) is 11.0 Å². The van der Waals surface area contributed by atoms with E-state index in [2.05, 4.69) is 0 Å². The van der Waals surface area contributed by atoms with Crippen molar-refractivity contribution in [3.05, 3.63) is 34.7 Å². The van der Waals surface area contributed by atoms with Crippen LogP contribution in [-0.2, 0) is 22.7 Å². The van der Waals surface area contributed by atoms with Crippen molar-refractivity contribution in [2.75, 3.05) is 0 Å². The number of primary amides is 1. The lowest BCUT2D eigenvalue weighted by Crippen LogP contribution is -2.25. The molecule has 0 saturated carbocycles. The van der Waals surface area contributed by atoms with Gasteiger partial charge < -0.3 is 10.5 Å². The standard InChI is InChI=1S/C13H15N3O3/c14-12(18)6-3-7-15-10-4-1-2-5-11(10)16(8-9-17)13(15)19/h1-2,4-5,9H,3,6-8H2,(H2,14,18). The van der Waals surface area contributed by atoms with Gasteiger partial charge in [0.05, 0.1) is 17.6 Å². The first-order valence-electron chi connectivity index (χ1n) is 6.05. The molecule has 1 amide bonds. The molecule has 0 aliphatic carbocycles. The topological polar surface area (TPSA) is 87.1 Å². The van der Waals surface area contributed by atoms with Gasteiger partial charge in [0.1, 0.15) is 6.29 Å². The summed E-state index contributed by atoms with van der Waals surface area (Å²) in [6, 6.07) is 7.27. The lowest BCUT2D eigenvalue weighted by atomic mass is 10.3. The predicted molar refractivity (Wildman–Crippen MR) is 70.7 cm³/mol. The van der Waals surface area contributed by atoms with Gasteiger partial charge in [-0.2, -0.15) is 0 Å². The largest absolute Gasteiger partial charge is 0.370 e. The number of aromatic nitrogens is 2. The average Bonchev–Trinajstić information content (AvgIpc) is 2.65. The molecule has 0 spiro atoms. The van der Waals surface area contributed by atoms with E-state index in [1.807, 2.05) is 18.2 Å². The Morgan fingerprint density at radius 1 is 1.21 bits per heavy atom. The molecule has 2 aromatic rings. The second-order valence-corrected chi connectivity index (χ2v) is 4.27. The first kappa shape index (κ1) is 13.1. The maximum Gasteiger partial charge on any atom is 0.329 e. The summed E-state index contributed by atoms with van der Waals surface area (Å²) in [4.78, 5) is 33.6. The molecule has 0 radical (unpaired) electrons. The van der Waals surface area contributed by atoms with Crippen molar-refractivity contribution < 1.29 is 9.59 Å². The Kier molecular flexibility index (Phi) is 3.79. The molecule has 1 aromatic heterocycles. The Labute approximate surface area is 109 Å². The second-order valence-electron chi connectivity index (χ2n) is 4.27. The van der Waals surface area contributed by atoms with Crippen LogP contribution in [0, 0.1) is 0 Å². The highest BCUT2D eigenvalue weighted by Gasteiger charge is 2.11. The number of aldehydes is 1. The van der Waals surface area contributed by atoms with Gasteiger partial charge in [0.15, 0.2) is 0 Å². The quantitative estimate of drug-likeness (QED) is 0.757. The Hall–Kier alpha value is -2.37. The summed E-state index contributed by atoms with van der Waals surface area (Å²) in [7, 11) is 0. The molecule has 0 aliphatic heterocycles. The van der Waals surface area contributed by atoms with Gasteiger partial charge in [-0.05, 0) is 18.6 Å². The number of carbonyl (C=O) groups is 2. The molecule has 0 atom stereocenters. The summed E-state index contributed by atoms with van der Waals surface area (Å²) >= 11 is 0. The highest BCUT2D eigenvalue weighted by atomic mass is 16.2. The molecule has 6 heteroatoms. The van der Waals surface area contributed by atoms with E-state index >= 15 is 0 Å². The van der Waals surface area contributed by atoms with Crippen LogP contribution in [0.5, 0.6) is 0 Å². The second kappa shape index (κ2) is 5.51. The number of rotatable bonds is 6. The number of fused-ring (bicyclic) bond motifs is 1. The van der Waals surface area contributed by atoms with E-state index in [9.17, 15) is 14.4 Å². The summed E-state index contributed by atoms with van der Waals surface area (Å²) in [6.07, 6.45) is 1.44. The van der Waals surface area contributed by atoms with Crippen LogP contribution in [0.2, 0.25) is 0 Å². The van der Waals surface area contributed by atoms with Crippen molar-refractivity contribution in [1.82, 2.24) is 9.13 Å². The van der Waals surface area contributed by atoms with Crippen molar-refractivity contribution in [3.63, 3.8) is 0 Å². The van der Waals surface area contributed by atoms with E-state index in [1.54, 1.807) is 10.6 Å². The zero-order chi connectivity index (χ0) is 13.8. The normalized spacial score (nSPS) is 10.7. The van der Waals surface area contributed by atoms with Crippen molar-refractivity contribution in [1.29, 1.82) is 0 Å². The highest BCUT2D eigenvalue weighted by molar-refractivity contribution is 5.77. The molecule has 0 saturated heterocycles. The van der Waals surface area contributed by atoms with E-state index in [-0.39, 0.29) is 24.6 Å². The maximum absolute atomic E-state index is 12.2. The molecule has 0 aliphatic rings. The number of amides is 1. The Bertz CT molecular complexity index is 669. The number of benzene rings is 1. The lowest BCUT2D eigenvalue weighted by Gasteiger charge is -2.01. The highest BCUT2D eigenvalue weighted by Crippen LogP contribution is 2.13. The van der Waals surface area contributed by atoms with Crippen molar-refractivity contribution >= 4 is 23.2 Å². The molecule has 2 N–H and O–H groups in total. The van der Waals surface area contributed by atoms with Gasteiger partial charge in [-0.15, -0.1) is 0 Å². The summed E-state index contributed by atoms with van der Waals surface area (Å²) in [5, 5.41) is 0. The van der Waals surface area contributed by atoms with E-state index in [0.717, 1.165) is 11.0 Å². The van der Waals surface area contributed by atoms with Crippen molar-refractivity contribution in [2.24, 2.45) is 5.73 Å². The molecular formula is C13H15N3O3. The molecule has 0 fully saturated rings. The summed E-state index contributed by atoms with van der Waals surface area (Å²) in [5.74, 6) is -0.385. The van der Waals surface area contributed by atoms with Gasteiger partial charge >= 0.3 is 5.69 Å². The SMILES string of the molecule is NC(=O)CCCn1c(=O)n(CC=O)c2ccccc21. The predicted octanol–water partition coefficient (Wildman–Crippen LogP) is 0.267. The Morgan fingerprint density at radius 3 is 2.42 bits per heavy atom. The van der Waals surface area contributed by atoms with Crippen molar-refractivity contribution in [3.8, 4) is 0 Å². The zero-order valence-corrected chi connectivity index (χ0v) is 10.4. The minimum Gasteiger partial charge on any atom is -0.370 e. The van der Waals surface area contributed by atoms with Crippen LogP contribution in [0.15, 0.2) is 29.1 Å². The number of nitrogens with two attached hydrogens (primary N) is 1. The summed E-state index contributed by atoms with van der Waals surface area (Å²) < 4.78 is 2.99. The van der Waals surface area contributed by atoms with E-state index in [0.29, 0.717) is 19.3 Å². The van der Waals surface area contributed by atoms with Gasteiger partial charge in [0.25, 0.3) is 0 Å². The van der Waals surface area contributed by atoms with Gasteiger partial charge in [-0.3, -0.25) is 13.9 Å². The number of imidazole rings is 1. The molecule has 0 unspecified atom stereocenters. The van der Waals surface area contributed by atoms with Crippen LogP contribution in [-0.4, -0.2) is 21.3 Å². The van der Waals surface area contributed by atoms with Gasteiger partial charge in [-0.1, -0.05) is 12.1 Å². The smallest absolute Gasteiger partial charge is 0.329 e. The fourth-order valence-electron chi connectivity index (χ4n) is 2.15. The third kappa shape index (κ3) is 2.57. The lowest BCUT2D eigenvalue weighted by molar-refractivity contribution is -0.118. The van der Waals surface area contributed by atoms with Crippen molar-refractivity contribution in [2.45, 2.75) is 25.9 Å². The third-order valence-electron chi connectivity index (χ3n) is 2.99. The minimum atomic E-state index is -0.385. The number of carbonyl (C=O) groups excluding carboxylic acids is 2. The molecule has 1 aromatic carbocycles. The van der Waals surface area contributed by atoms with Crippen LogP contribution in [0.1, 0.15) is 12.8 Å². The van der Waals surface area contributed by atoms with Crippen LogP contribution < -0.4 is 11.4 Å². The fourth-order valence-corrected chi connectivity index (χ4v) is 2.15. The molecule has 19 heavy (non-hydrogen) atoms. The number of aryl methyl sites for hydroxylation is 1. The Morgan fingerprint density at radius 2 is 1.84 bits per heavy atom. The van der Waals surface area contributed by atoms with E-state index < -0.39 is 0 Å². The number of para-hydroxylation sites is 2. The molecule has 2 rings (SSSR count). The fraction of sp³-hybridized carbons (Fsp3) is 0.308. The molecule has 6 nitrogen and oxygen atoms in total. The van der Waals surface area contributed by atoms with Gasteiger partial charge in [0.2, 0.25) is 5.91 Å². The maximum atomic E-state index is 12.2. The first-order chi connectivity index (χ1) is 9.15. The van der Waals surface area contributed by atoms with Gasteiger partial charge in [0, 0.05) is 13.0 Å². The third-order valence-corrected chi connectivity index (χ3v) is 2.99. The minimum absolute atomic E-state index is 0.0299. The molecule has 1 heterocycles. The van der Waals surface area contributed by atoms with E-state index in [1.165, 1.54) is 4.57 Å². The number of hydrogen-bond acceptors (Lipinski definition) is 3. The molecular weight excluding hydrogens is 246 g/mol. The monoisotopic (exact) mass is 261 g/mol. The summed E-state index contributed by atoms with van der Waals surface area (Å²) in [6.45, 7) is 0.441. The number of nitrogens with zero attached hydrogens (tertiary/aromatic N) is 2. The average molecular weight is 261 g/mol. The van der Waals surface area contributed by atoms with Gasteiger partial charge in [-0.25, -0.2) is 4.79 Å². The Balaban J connectivity index is 2.42. The number of hydrogen-bond donors (Lipinski definition) is 1. The summed E-state index contributed by atoms with van der Waals surface area (Å²) in [5.41, 5.74) is 6.33. The van der Waals surface area contributed by atoms with E-state index in [4.69, 9.17) is 5.73 Å². The van der Waals surface area contributed by atoms with Crippen LogP contribution in [0.3, 0.4) is 0 Å². The van der Waals surface area contributed by atoms with Crippen LogP contribution >= 0.6 is 0 Å². The first-order valence-corrected chi connectivity index (χ1v) is 6.05. The zero-order valence-electron chi connectivity index (χ0n) is 10.4. The van der Waals surface area contributed by atoms with Crippen LogP contribution in [0.4, 0.5) is 0 Å². The molecule has 0 bridgehead atoms.